The Hall–Kier alpha value is -2.76. The van der Waals surface area contributed by atoms with Crippen LogP contribution in [0.4, 0.5) is 0 Å². The fourth-order valence-electron chi connectivity index (χ4n) is 3.40. The molecule has 27 heavy (non-hydrogen) atoms. The zero-order valence-corrected chi connectivity index (χ0v) is 15.4. The summed E-state index contributed by atoms with van der Waals surface area (Å²) in [5.41, 5.74) is 0.974. The van der Waals surface area contributed by atoms with Crippen molar-refractivity contribution in [1.82, 2.24) is 0 Å². The molecule has 0 spiro atoms. The molecule has 1 saturated carbocycles. The zero-order valence-electron chi connectivity index (χ0n) is 15.4. The molecule has 1 aliphatic heterocycles. The molecule has 0 N–H and O–H groups in total. The fourth-order valence-corrected chi connectivity index (χ4v) is 3.40. The lowest BCUT2D eigenvalue weighted by molar-refractivity contribution is -0.139. The standard InChI is InChI=1S/C21H24O6/c1-24-18-9-7-16(8-10-18)21(23)17(11-15-5-3-2-4-6-15)12-19(22)27-20-13-25-14-26-20/h7-10,12-13,15H,2-6,11,14H2,1H3. The highest BCUT2D eigenvalue weighted by Crippen LogP contribution is 2.30. The molecule has 6 nitrogen and oxygen atoms in total. The summed E-state index contributed by atoms with van der Waals surface area (Å²) < 4.78 is 20.1. The normalized spacial score (nSPS) is 17.5. The Balaban J connectivity index is 1.77. The van der Waals surface area contributed by atoms with Crippen molar-refractivity contribution in [1.29, 1.82) is 0 Å². The highest BCUT2D eigenvalue weighted by Gasteiger charge is 2.22. The molecule has 0 radical (unpaired) electrons. The van der Waals surface area contributed by atoms with Crippen LogP contribution in [-0.4, -0.2) is 25.7 Å². The van der Waals surface area contributed by atoms with Gasteiger partial charge in [-0.2, -0.15) is 0 Å². The maximum atomic E-state index is 13.0. The number of allylic oxidation sites excluding steroid dienone is 1. The number of ketones is 1. The van der Waals surface area contributed by atoms with E-state index in [9.17, 15) is 9.59 Å². The molecule has 0 bridgehead atoms. The zero-order chi connectivity index (χ0) is 19.1. The molecule has 0 atom stereocenters. The van der Waals surface area contributed by atoms with Crippen LogP contribution >= 0.6 is 0 Å². The first-order valence-electron chi connectivity index (χ1n) is 9.21. The van der Waals surface area contributed by atoms with Gasteiger partial charge in [-0.05, 0) is 36.6 Å². The largest absolute Gasteiger partial charge is 0.497 e. The van der Waals surface area contributed by atoms with Gasteiger partial charge in [-0.25, -0.2) is 4.79 Å². The summed E-state index contributed by atoms with van der Waals surface area (Å²) >= 11 is 0. The van der Waals surface area contributed by atoms with Gasteiger partial charge >= 0.3 is 11.9 Å². The predicted molar refractivity (Wildman–Crippen MR) is 97.8 cm³/mol. The van der Waals surface area contributed by atoms with Gasteiger partial charge in [-0.15, -0.1) is 0 Å². The van der Waals surface area contributed by atoms with Crippen molar-refractivity contribution >= 4 is 11.8 Å². The molecule has 144 valence electrons. The quantitative estimate of drug-likeness (QED) is 0.407. The number of hydrogen-bond acceptors (Lipinski definition) is 6. The summed E-state index contributed by atoms with van der Waals surface area (Å²) in [7, 11) is 1.57. The maximum Gasteiger partial charge on any atom is 0.339 e. The van der Waals surface area contributed by atoms with Crippen molar-refractivity contribution in [3.63, 3.8) is 0 Å². The third kappa shape index (κ3) is 5.36. The maximum absolute atomic E-state index is 13.0. The lowest BCUT2D eigenvalue weighted by Gasteiger charge is -2.22. The molecular formula is C21H24O6. The molecule has 1 fully saturated rings. The summed E-state index contributed by atoms with van der Waals surface area (Å²) in [4.78, 5) is 25.2. The molecule has 0 aromatic heterocycles. The molecule has 3 rings (SSSR count). The van der Waals surface area contributed by atoms with Crippen LogP contribution in [0.5, 0.6) is 5.75 Å². The summed E-state index contributed by atoms with van der Waals surface area (Å²) in [6.45, 7) is 0.0199. The summed E-state index contributed by atoms with van der Waals surface area (Å²) in [6, 6.07) is 6.88. The van der Waals surface area contributed by atoms with Crippen LogP contribution in [0, 0.1) is 5.92 Å². The highest BCUT2D eigenvalue weighted by molar-refractivity contribution is 6.11. The van der Waals surface area contributed by atoms with Gasteiger partial charge in [0, 0.05) is 17.2 Å². The number of carbonyl (C=O) groups excluding carboxylic acids is 2. The minimum absolute atomic E-state index is 0.00478. The van der Waals surface area contributed by atoms with Crippen LogP contribution in [0.3, 0.4) is 0 Å². The first-order valence-corrected chi connectivity index (χ1v) is 9.21. The number of esters is 1. The fraction of sp³-hybridized carbons (Fsp3) is 0.429. The summed E-state index contributed by atoms with van der Waals surface area (Å²) in [5.74, 6) is 0.279. The number of benzene rings is 1. The van der Waals surface area contributed by atoms with Gasteiger partial charge in [0.05, 0.1) is 7.11 Å². The van der Waals surface area contributed by atoms with Crippen LogP contribution in [0.1, 0.15) is 48.9 Å². The van der Waals surface area contributed by atoms with Crippen molar-refractivity contribution in [3.05, 3.63) is 53.7 Å². The Bertz CT molecular complexity index is 726. The second-order valence-corrected chi connectivity index (χ2v) is 6.72. The first-order chi connectivity index (χ1) is 13.2. The van der Waals surface area contributed by atoms with Crippen molar-refractivity contribution in [2.24, 2.45) is 5.92 Å². The van der Waals surface area contributed by atoms with E-state index >= 15 is 0 Å². The van der Waals surface area contributed by atoms with Gasteiger partial charge in [0.25, 0.3) is 0 Å². The number of ether oxygens (including phenoxy) is 4. The molecular weight excluding hydrogens is 348 g/mol. The number of carbonyl (C=O) groups is 2. The summed E-state index contributed by atoms with van der Waals surface area (Å²) in [6.07, 6.45) is 8.79. The number of hydrogen-bond donors (Lipinski definition) is 0. The third-order valence-electron chi connectivity index (χ3n) is 4.82. The van der Waals surface area contributed by atoms with Crippen LogP contribution in [-0.2, 0) is 19.0 Å². The van der Waals surface area contributed by atoms with Crippen molar-refractivity contribution < 1.29 is 28.5 Å². The topological polar surface area (TPSA) is 71.1 Å². The Morgan fingerprint density at radius 3 is 2.52 bits per heavy atom. The van der Waals surface area contributed by atoms with Crippen LogP contribution < -0.4 is 4.74 Å². The van der Waals surface area contributed by atoms with Gasteiger partial charge in [0.1, 0.15) is 5.75 Å². The second kappa shape index (κ2) is 9.26. The van der Waals surface area contributed by atoms with E-state index in [0.29, 0.717) is 29.2 Å². The Morgan fingerprint density at radius 2 is 1.89 bits per heavy atom. The molecule has 2 aliphatic rings. The average molecular weight is 372 g/mol. The van der Waals surface area contributed by atoms with E-state index in [-0.39, 0.29) is 18.5 Å². The molecule has 0 saturated heterocycles. The monoisotopic (exact) mass is 372 g/mol. The van der Waals surface area contributed by atoms with E-state index in [0.717, 1.165) is 25.7 Å². The minimum atomic E-state index is -0.639. The van der Waals surface area contributed by atoms with Crippen molar-refractivity contribution in [2.75, 3.05) is 13.9 Å². The SMILES string of the molecule is COc1ccc(C(=O)C(=CC(=O)OC2=COCO2)CC2CCCCC2)cc1. The average Bonchev–Trinajstić information content (AvgIpc) is 3.20. The van der Waals surface area contributed by atoms with E-state index in [1.165, 1.54) is 18.8 Å². The molecule has 1 aromatic carbocycles. The first kappa shape index (κ1) is 19.0. The Kier molecular flexibility index (Phi) is 6.52. The number of Topliss-reactive ketones (excluding diaryl/α,β-unsaturated/α-hetero) is 1. The second-order valence-electron chi connectivity index (χ2n) is 6.72. The predicted octanol–water partition coefficient (Wildman–Crippen LogP) is 4.12. The van der Waals surface area contributed by atoms with E-state index < -0.39 is 5.97 Å². The summed E-state index contributed by atoms with van der Waals surface area (Å²) in [5, 5.41) is 0. The lowest BCUT2D eigenvalue weighted by Crippen LogP contribution is -2.14. The molecule has 1 aromatic rings. The smallest absolute Gasteiger partial charge is 0.339 e. The van der Waals surface area contributed by atoms with E-state index in [1.54, 1.807) is 31.4 Å². The Morgan fingerprint density at radius 1 is 1.15 bits per heavy atom. The van der Waals surface area contributed by atoms with E-state index in [1.807, 2.05) is 0 Å². The number of rotatable bonds is 7. The van der Waals surface area contributed by atoms with Gasteiger partial charge < -0.3 is 18.9 Å². The molecule has 0 unspecified atom stereocenters. The van der Waals surface area contributed by atoms with Gasteiger partial charge in [0.2, 0.25) is 6.79 Å². The molecule has 0 amide bonds. The lowest BCUT2D eigenvalue weighted by atomic mass is 9.83. The van der Waals surface area contributed by atoms with Crippen molar-refractivity contribution in [3.8, 4) is 5.75 Å². The molecule has 1 aliphatic carbocycles. The molecule has 1 heterocycles. The third-order valence-corrected chi connectivity index (χ3v) is 4.82. The van der Waals surface area contributed by atoms with Gasteiger partial charge in [-0.1, -0.05) is 32.1 Å². The highest BCUT2D eigenvalue weighted by atomic mass is 16.8. The number of methoxy groups -OCH3 is 1. The van der Waals surface area contributed by atoms with E-state index in [4.69, 9.17) is 18.9 Å². The minimum Gasteiger partial charge on any atom is -0.497 e. The molecule has 6 heteroatoms. The Labute approximate surface area is 158 Å². The van der Waals surface area contributed by atoms with Crippen LogP contribution in [0.2, 0.25) is 0 Å². The van der Waals surface area contributed by atoms with Crippen molar-refractivity contribution in [2.45, 2.75) is 38.5 Å². The van der Waals surface area contributed by atoms with Crippen LogP contribution in [0.25, 0.3) is 0 Å². The van der Waals surface area contributed by atoms with Gasteiger partial charge in [-0.3, -0.25) is 4.79 Å². The van der Waals surface area contributed by atoms with E-state index in [2.05, 4.69) is 0 Å². The van der Waals surface area contributed by atoms with Gasteiger partial charge in [0.15, 0.2) is 12.0 Å². The van der Waals surface area contributed by atoms with Crippen LogP contribution in [0.15, 0.2) is 48.1 Å².